The lowest BCUT2D eigenvalue weighted by atomic mass is 9.85. The third-order valence-electron chi connectivity index (χ3n) is 6.94. The van der Waals surface area contributed by atoms with E-state index >= 15 is 0 Å². The summed E-state index contributed by atoms with van der Waals surface area (Å²) in [7, 11) is 0. The number of nitrogens with zero attached hydrogens (tertiary/aromatic N) is 3. The van der Waals surface area contributed by atoms with Gasteiger partial charge in [-0.15, -0.1) is 0 Å². The van der Waals surface area contributed by atoms with Gasteiger partial charge in [0.2, 0.25) is 5.95 Å². The molecule has 1 amide bonds. The molecule has 2 aliphatic heterocycles. The van der Waals surface area contributed by atoms with Crippen LogP contribution in [-0.2, 0) is 10.2 Å². The molecule has 1 fully saturated rings. The Morgan fingerprint density at radius 3 is 2.75 bits per heavy atom. The van der Waals surface area contributed by atoms with Gasteiger partial charge < -0.3 is 20.7 Å². The molecule has 0 saturated carbocycles. The maximum Gasteiger partial charge on any atom is 0.251 e. The van der Waals surface area contributed by atoms with Gasteiger partial charge in [-0.1, -0.05) is 13.8 Å². The number of amides is 1. The Balaban J connectivity index is 1.36. The van der Waals surface area contributed by atoms with Crippen LogP contribution in [0.4, 0.5) is 17.3 Å². The molecule has 0 atom stereocenters. The highest BCUT2D eigenvalue weighted by Crippen LogP contribution is 2.41. The number of nitrogens with one attached hydrogen (secondary N) is 3. The first-order valence-electron chi connectivity index (χ1n) is 12.3. The number of ether oxygens (including phenoxy) is 1. The number of carbonyl (C=O) groups is 1. The van der Waals surface area contributed by atoms with Crippen molar-refractivity contribution in [2.75, 3.05) is 30.4 Å². The van der Waals surface area contributed by atoms with Crippen LogP contribution in [0, 0.1) is 18.3 Å². The molecule has 8 nitrogen and oxygen atoms in total. The topological polar surface area (TPSA) is 112 Å². The highest BCUT2D eigenvalue weighted by Gasteiger charge is 2.32. The van der Waals surface area contributed by atoms with Crippen molar-refractivity contribution in [3.63, 3.8) is 0 Å². The molecule has 0 bridgehead atoms. The van der Waals surface area contributed by atoms with E-state index in [4.69, 9.17) is 9.72 Å². The minimum Gasteiger partial charge on any atom is -0.383 e. The summed E-state index contributed by atoms with van der Waals surface area (Å²) >= 11 is 0. The number of hydrogen-bond donors (Lipinski definition) is 3. The summed E-state index contributed by atoms with van der Waals surface area (Å²) in [6, 6.07) is 13.9. The number of nitriles is 1. The number of anilines is 3. The van der Waals surface area contributed by atoms with Crippen molar-refractivity contribution in [3.8, 4) is 17.3 Å². The molecule has 36 heavy (non-hydrogen) atoms. The van der Waals surface area contributed by atoms with Gasteiger partial charge >= 0.3 is 0 Å². The molecule has 0 radical (unpaired) electrons. The summed E-state index contributed by atoms with van der Waals surface area (Å²) in [6.45, 7) is 8.44. The molecule has 1 saturated heterocycles. The van der Waals surface area contributed by atoms with Crippen molar-refractivity contribution in [3.05, 3.63) is 64.8 Å². The average Bonchev–Trinajstić information content (AvgIpc) is 3.20. The van der Waals surface area contributed by atoms with E-state index in [1.54, 1.807) is 6.20 Å². The van der Waals surface area contributed by atoms with Crippen LogP contribution in [0.3, 0.4) is 0 Å². The summed E-state index contributed by atoms with van der Waals surface area (Å²) in [5.74, 6) is 0.378. The van der Waals surface area contributed by atoms with Crippen LogP contribution in [0.15, 0.2) is 42.6 Å². The highest BCUT2D eigenvalue weighted by molar-refractivity contribution is 5.95. The summed E-state index contributed by atoms with van der Waals surface area (Å²) in [6.07, 6.45) is 3.39. The molecule has 2 aliphatic rings. The number of fused-ring (bicyclic) bond motifs is 1. The van der Waals surface area contributed by atoms with Crippen molar-refractivity contribution in [1.29, 1.82) is 5.26 Å². The molecule has 3 heterocycles. The molecule has 2 aromatic carbocycles. The zero-order valence-corrected chi connectivity index (χ0v) is 20.8. The van der Waals surface area contributed by atoms with Gasteiger partial charge in [0.25, 0.3) is 5.91 Å². The van der Waals surface area contributed by atoms with E-state index in [1.807, 2.05) is 37.3 Å². The van der Waals surface area contributed by atoms with E-state index in [9.17, 15) is 10.1 Å². The zero-order chi connectivity index (χ0) is 25.3. The summed E-state index contributed by atoms with van der Waals surface area (Å²) in [5, 5.41) is 19.5. The predicted molar refractivity (Wildman–Crippen MR) is 139 cm³/mol. The van der Waals surface area contributed by atoms with Gasteiger partial charge in [-0.2, -0.15) is 5.26 Å². The quantitative estimate of drug-likeness (QED) is 0.484. The second kappa shape index (κ2) is 9.59. The van der Waals surface area contributed by atoms with E-state index < -0.39 is 0 Å². The molecule has 0 aliphatic carbocycles. The largest absolute Gasteiger partial charge is 0.383 e. The average molecular weight is 483 g/mol. The maximum absolute atomic E-state index is 12.7. The first-order chi connectivity index (χ1) is 17.3. The zero-order valence-electron chi connectivity index (χ0n) is 20.8. The van der Waals surface area contributed by atoms with Gasteiger partial charge in [0, 0.05) is 54.2 Å². The van der Waals surface area contributed by atoms with E-state index in [1.165, 1.54) is 0 Å². The molecule has 0 spiro atoms. The Bertz CT molecular complexity index is 1350. The van der Waals surface area contributed by atoms with Gasteiger partial charge in [-0.25, -0.2) is 9.97 Å². The first-order valence-corrected chi connectivity index (χ1v) is 12.3. The van der Waals surface area contributed by atoms with Crippen molar-refractivity contribution in [2.24, 2.45) is 0 Å². The van der Waals surface area contributed by atoms with Crippen LogP contribution in [-0.4, -0.2) is 41.7 Å². The lowest BCUT2D eigenvalue weighted by molar-refractivity contribution is 0.0696. The maximum atomic E-state index is 12.7. The molecular weight excluding hydrogens is 452 g/mol. The van der Waals surface area contributed by atoms with Crippen LogP contribution < -0.4 is 16.0 Å². The Hall–Kier alpha value is -3.96. The molecule has 3 N–H and O–H groups in total. The van der Waals surface area contributed by atoms with Crippen LogP contribution in [0.1, 0.15) is 53.7 Å². The van der Waals surface area contributed by atoms with Crippen LogP contribution >= 0.6 is 0 Å². The summed E-state index contributed by atoms with van der Waals surface area (Å²) in [4.78, 5) is 21.8. The van der Waals surface area contributed by atoms with Gasteiger partial charge in [0.05, 0.1) is 16.9 Å². The van der Waals surface area contributed by atoms with E-state index in [-0.39, 0.29) is 17.4 Å². The number of hydrogen-bond acceptors (Lipinski definition) is 7. The van der Waals surface area contributed by atoms with Crippen LogP contribution in [0.25, 0.3) is 11.3 Å². The monoisotopic (exact) mass is 482 g/mol. The molecule has 5 rings (SSSR count). The SMILES string of the molecule is Cc1cc(C(=O)NC2CCOCC2)ccc1Nc1nccc(-c2cc(C#N)c3c(c2)C(C)(C)CN3)n1. The third-order valence-corrected chi connectivity index (χ3v) is 6.94. The number of aromatic nitrogens is 2. The van der Waals surface area contributed by atoms with Crippen molar-refractivity contribution < 1.29 is 9.53 Å². The van der Waals surface area contributed by atoms with Crippen molar-refractivity contribution in [1.82, 2.24) is 15.3 Å². The Morgan fingerprint density at radius 2 is 2.00 bits per heavy atom. The van der Waals surface area contributed by atoms with E-state index in [0.29, 0.717) is 30.3 Å². The fourth-order valence-electron chi connectivity index (χ4n) is 4.76. The van der Waals surface area contributed by atoms with E-state index in [0.717, 1.165) is 53.1 Å². The van der Waals surface area contributed by atoms with Gasteiger partial charge in [-0.05, 0) is 67.3 Å². The fourth-order valence-corrected chi connectivity index (χ4v) is 4.76. The van der Waals surface area contributed by atoms with Crippen molar-refractivity contribution >= 4 is 23.2 Å². The third kappa shape index (κ3) is 4.75. The molecule has 1 aromatic heterocycles. The van der Waals surface area contributed by atoms with Crippen molar-refractivity contribution in [2.45, 2.75) is 45.1 Å². The van der Waals surface area contributed by atoms with Gasteiger partial charge in [-0.3, -0.25) is 4.79 Å². The molecule has 3 aromatic rings. The van der Waals surface area contributed by atoms with Crippen LogP contribution in [0.2, 0.25) is 0 Å². The summed E-state index contributed by atoms with van der Waals surface area (Å²) in [5.41, 5.74) is 6.56. The molecule has 0 unspecified atom stereocenters. The highest BCUT2D eigenvalue weighted by atomic mass is 16.5. The minimum absolute atomic E-state index is 0.0685. The molecule has 8 heteroatoms. The van der Waals surface area contributed by atoms with Gasteiger partial charge in [0.1, 0.15) is 6.07 Å². The number of benzene rings is 2. The Labute approximate surface area is 211 Å². The summed E-state index contributed by atoms with van der Waals surface area (Å²) < 4.78 is 5.37. The number of carbonyl (C=O) groups excluding carboxylic acids is 1. The lowest BCUT2D eigenvalue weighted by Crippen LogP contribution is -2.38. The van der Waals surface area contributed by atoms with E-state index in [2.05, 4.69) is 46.9 Å². The smallest absolute Gasteiger partial charge is 0.251 e. The first kappa shape index (κ1) is 23.8. The Kier molecular flexibility index (Phi) is 6.33. The fraction of sp³-hybridized carbons (Fsp3) is 0.357. The molecule has 184 valence electrons. The van der Waals surface area contributed by atoms with Crippen LogP contribution in [0.5, 0.6) is 0 Å². The molecular formula is C28H30N6O2. The standard InChI is InChI=1S/C28H30N6O2/c1-17-12-18(26(35)32-21-7-10-36-11-8-21)4-5-23(17)33-27-30-9-6-24(34-27)19-13-20(15-29)25-22(14-19)28(2,3)16-31-25/h4-6,9,12-14,21,31H,7-8,10-11,16H2,1-3H3,(H,32,35)(H,30,33,34). The van der Waals surface area contributed by atoms with Gasteiger partial charge in [0.15, 0.2) is 0 Å². The minimum atomic E-state index is -0.0721. The second-order valence-electron chi connectivity index (χ2n) is 10.1. The normalized spacial score (nSPS) is 16.5. The number of aryl methyl sites for hydroxylation is 1. The lowest BCUT2D eigenvalue weighted by Gasteiger charge is -2.23. The Morgan fingerprint density at radius 1 is 1.19 bits per heavy atom. The second-order valence-corrected chi connectivity index (χ2v) is 10.1. The number of rotatable bonds is 5. The predicted octanol–water partition coefficient (Wildman–Crippen LogP) is 4.68.